The fraction of sp³-hybridized carbons (Fsp3) is 0.0727. The minimum atomic E-state index is -0.0687. The van der Waals surface area contributed by atoms with E-state index in [0.717, 1.165) is 33.4 Å². The maximum atomic E-state index is 4.99. The number of hydrogen-bond donors (Lipinski definition) is 0. The number of rotatable bonds is 7. The molecule has 0 N–H and O–H groups in total. The fourth-order valence-corrected chi connectivity index (χ4v) is 8.85. The molecule has 1 aliphatic rings. The first kappa shape index (κ1) is 35.9. The van der Waals surface area contributed by atoms with Gasteiger partial charge in [0.25, 0.3) is 0 Å². The molecule has 0 saturated carbocycles. The van der Waals surface area contributed by atoms with Gasteiger partial charge in [-0.3, -0.25) is 4.99 Å². The fourth-order valence-electron chi connectivity index (χ4n) is 8.85. The molecule has 0 bridgehead atoms. The first-order valence-corrected chi connectivity index (χ1v) is 20.2. The van der Waals surface area contributed by atoms with Crippen molar-refractivity contribution in [2.75, 3.05) is 0 Å². The highest BCUT2D eigenvalue weighted by molar-refractivity contribution is 6.13. The Labute approximate surface area is 345 Å². The molecule has 1 heterocycles. The van der Waals surface area contributed by atoms with Crippen molar-refractivity contribution in [3.8, 4) is 39.1 Å². The van der Waals surface area contributed by atoms with Crippen LogP contribution in [0.2, 0.25) is 0 Å². The summed E-state index contributed by atoms with van der Waals surface area (Å²) >= 11 is 0. The second-order valence-electron chi connectivity index (χ2n) is 15.7. The summed E-state index contributed by atoms with van der Waals surface area (Å²) in [6.07, 6.45) is 0. The van der Waals surface area contributed by atoms with Gasteiger partial charge in [0.2, 0.25) is 0 Å². The summed E-state index contributed by atoms with van der Waals surface area (Å²) < 4.78 is 2.37. The van der Waals surface area contributed by atoms with Gasteiger partial charge in [-0.25, -0.2) is 9.98 Å². The van der Waals surface area contributed by atoms with Crippen molar-refractivity contribution in [3.63, 3.8) is 0 Å². The lowest BCUT2D eigenvalue weighted by molar-refractivity contribution is 0.660. The van der Waals surface area contributed by atoms with Crippen LogP contribution in [-0.4, -0.2) is 23.0 Å². The lowest BCUT2D eigenvalue weighted by Crippen LogP contribution is -2.14. The molecule has 8 aromatic carbocycles. The minimum absolute atomic E-state index is 0.0687. The standard InChI is InChI=1S/C55H42N4/c1-55(2)49-24-14-12-22-45(49)46-32-28-40(34-50(46)55)43-20-10-11-21-44(43)41-29-33-48-47-23-13-15-25-51(47)59(52(48)35-41)42-30-26-39(27-31-42)53(56-3)58-54(38-18-8-5-9-19-38)57-36-37-16-6-4-7-17-37/h4-35H,3,36H2,1-2H3. The molecule has 282 valence electrons. The van der Waals surface area contributed by atoms with Gasteiger partial charge in [-0.05, 0) is 99.3 Å². The summed E-state index contributed by atoms with van der Waals surface area (Å²) in [7, 11) is 0. The summed E-state index contributed by atoms with van der Waals surface area (Å²) in [6.45, 7) is 9.12. The maximum Gasteiger partial charge on any atom is 0.161 e. The van der Waals surface area contributed by atoms with Crippen LogP contribution in [0.25, 0.3) is 60.9 Å². The van der Waals surface area contributed by atoms with Gasteiger partial charge in [0.1, 0.15) is 0 Å². The monoisotopic (exact) mass is 758 g/mol. The number of aromatic nitrogens is 1. The van der Waals surface area contributed by atoms with Gasteiger partial charge in [0.15, 0.2) is 11.7 Å². The molecule has 4 heteroatoms. The summed E-state index contributed by atoms with van der Waals surface area (Å²) in [4.78, 5) is 14.3. The number of nitrogens with zero attached hydrogens (tertiary/aromatic N) is 4. The van der Waals surface area contributed by atoms with Gasteiger partial charge < -0.3 is 4.57 Å². The SMILES string of the molecule is C=NC(=NC(=NCc1ccccc1)c1ccccc1)c1ccc(-n2c3ccccc3c3ccc(-c4ccccc4-c4ccc5c(c4)C(C)(C)c4ccccc4-5)cc32)cc1. The Morgan fingerprint density at radius 1 is 0.492 bits per heavy atom. The third-order valence-corrected chi connectivity index (χ3v) is 11.8. The second kappa shape index (κ2) is 14.8. The Bertz CT molecular complexity index is 3100. The lowest BCUT2D eigenvalue weighted by atomic mass is 9.81. The highest BCUT2D eigenvalue weighted by Crippen LogP contribution is 2.50. The first-order chi connectivity index (χ1) is 29.0. The topological polar surface area (TPSA) is 42.0 Å². The van der Waals surface area contributed by atoms with Crippen molar-refractivity contribution in [1.29, 1.82) is 0 Å². The molecular weight excluding hydrogens is 717 g/mol. The van der Waals surface area contributed by atoms with Crippen LogP contribution in [-0.2, 0) is 12.0 Å². The Balaban J connectivity index is 1.04. The summed E-state index contributed by atoms with van der Waals surface area (Å²) in [6, 6.07) is 68.9. The number of benzene rings is 8. The van der Waals surface area contributed by atoms with Crippen LogP contribution in [0.3, 0.4) is 0 Å². The smallest absolute Gasteiger partial charge is 0.161 e. The molecule has 9 aromatic rings. The van der Waals surface area contributed by atoms with Crippen LogP contribution in [0, 0.1) is 0 Å². The zero-order valence-corrected chi connectivity index (χ0v) is 33.2. The van der Waals surface area contributed by atoms with Gasteiger partial charge in [-0.15, -0.1) is 0 Å². The van der Waals surface area contributed by atoms with Gasteiger partial charge in [0.05, 0.1) is 17.6 Å². The van der Waals surface area contributed by atoms with Gasteiger partial charge in [0, 0.05) is 33.0 Å². The molecule has 0 radical (unpaired) electrons. The quantitative estimate of drug-likeness (QED) is 0.115. The Morgan fingerprint density at radius 3 is 1.81 bits per heavy atom. The van der Waals surface area contributed by atoms with E-state index < -0.39 is 0 Å². The van der Waals surface area contributed by atoms with E-state index in [1.54, 1.807) is 0 Å². The lowest BCUT2D eigenvalue weighted by Gasteiger charge is -2.22. The van der Waals surface area contributed by atoms with Crippen molar-refractivity contribution in [3.05, 3.63) is 222 Å². The number of para-hydroxylation sites is 1. The van der Waals surface area contributed by atoms with Crippen molar-refractivity contribution in [2.45, 2.75) is 25.8 Å². The van der Waals surface area contributed by atoms with E-state index in [2.05, 4.69) is 176 Å². The molecule has 4 nitrogen and oxygen atoms in total. The van der Waals surface area contributed by atoms with Crippen LogP contribution in [0.5, 0.6) is 0 Å². The Kier molecular flexibility index (Phi) is 9.03. The van der Waals surface area contributed by atoms with Gasteiger partial charge in [-0.1, -0.05) is 166 Å². The summed E-state index contributed by atoms with van der Waals surface area (Å²) in [5.74, 6) is 1.14. The highest BCUT2D eigenvalue weighted by Gasteiger charge is 2.35. The van der Waals surface area contributed by atoms with E-state index in [0.29, 0.717) is 18.2 Å². The van der Waals surface area contributed by atoms with Crippen molar-refractivity contribution >= 4 is 40.2 Å². The molecule has 0 fully saturated rings. The van der Waals surface area contributed by atoms with Crippen LogP contribution >= 0.6 is 0 Å². The van der Waals surface area contributed by atoms with Crippen molar-refractivity contribution in [1.82, 2.24) is 4.57 Å². The summed E-state index contributed by atoms with van der Waals surface area (Å²) in [5.41, 5.74) is 16.4. The molecule has 10 rings (SSSR count). The summed E-state index contributed by atoms with van der Waals surface area (Å²) in [5, 5.41) is 2.42. The number of aliphatic imine (C=N–C) groups is 3. The molecule has 0 unspecified atom stereocenters. The molecule has 0 amide bonds. The van der Waals surface area contributed by atoms with Crippen molar-refractivity contribution in [2.24, 2.45) is 15.0 Å². The Hall–Kier alpha value is -7.43. The Morgan fingerprint density at radius 2 is 1.07 bits per heavy atom. The van der Waals surface area contributed by atoms with Crippen LogP contribution in [0.1, 0.15) is 41.7 Å². The van der Waals surface area contributed by atoms with Gasteiger partial charge >= 0.3 is 0 Å². The predicted molar refractivity (Wildman–Crippen MR) is 248 cm³/mol. The molecule has 0 aliphatic heterocycles. The number of hydrogen-bond acceptors (Lipinski definition) is 1. The normalized spacial score (nSPS) is 13.4. The molecule has 0 spiro atoms. The van der Waals surface area contributed by atoms with E-state index >= 15 is 0 Å². The van der Waals surface area contributed by atoms with Gasteiger partial charge in [-0.2, -0.15) is 0 Å². The largest absolute Gasteiger partial charge is 0.309 e. The third-order valence-electron chi connectivity index (χ3n) is 11.8. The number of fused-ring (bicyclic) bond motifs is 6. The van der Waals surface area contributed by atoms with E-state index in [4.69, 9.17) is 9.98 Å². The van der Waals surface area contributed by atoms with E-state index in [9.17, 15) is 0 Å². The third kappa shape index (κ3) is 6.40. The molecule has 1 aromatic heterocycles. The molecular formula is C55H42N4. The zero-order chi connectivity index (χ0) is 39.9. The predicted octanol–water partition coefficient (Wildman–Crippen LogP) is 13.5. The molecule has 0 atom stereocenters. The van der Waals surface area contributed by atoms with Crippen LogP contribution in [0.4, 0.5) is 0 Å². The van der Waals surface area contributed by atoms with Crippen LogP contribution < -0.4 is 0 Å². The molecule has 59 heavy (non-hydrogen) atoms. The van der Waals surface area contributed by atoms with E-state index in [1.165, 1.54) is 55.3 Å². The zero-order valence-electron chi connectivity index (χ0n) is 33.2. The average Bonchev–Trinajstić information content (AvgIpc) is 3.74. The highest BCUT2D eigenvalue weighted by atomic mass is 15.0. The second-order valence-corrected chi connectivity index (χ2v) is 15.7. The van der Waals surface area contributed by atoms with Crippen molar-refractivity contribution < 1.29 is 0 Å². The van der Waals surface area contributed by atoms with E-state index in [1.807, 2.05) is 48.5 Å². The average molecular weight is 759 g/mol. The minimum Gasteiger partial charge on any atom is -0.309 e. The number of amidine groups is 2. The molecule has 0 saturated heterocycles. The van der Waals surface area contributed by atoms with E-state index in [-0.39, 0.29) is 5.41 Å². The molecule has 1 aliphatic carbocycles. The maximum absolute atomic E-state index is 4.99. The van der Waals surface area contributed by atoms with Crippen LogP contribution in [0.15, 0.2) is 209 Å². The first-order valence-electron chi connectivity index (χ1n) is 20.2.